The van der Waals surface area contributed by atoms with Crippen molar-refractivity contribution < 1.29 is 9.28 Å². The Balaban J connectivity index is 2.40. The Bertz CT molecular complexity index is 499. The lowest BCUT2D eigenvalue weighted by Crippen LogP contribution is -2.47. The van der Waals surface area contributed by atoms with Crippen LogP contribution in [0.5, 0.6) is 0 Å². The lowest BCUT2D eigenvalue weighted by atomic mass is 10.1. The number of quaternary nitrogens is 1. The normalized spacial score (nSPS) is 23.8. The Morgan fingerprint density at radius 1 is 1.47 bits per heavy atom. The average molecular weight is 233 g/mol. The van der Waals surface area contributed by atoms with E-state index in [-0.39, 0.29) is 10.5 Å². The standard InChI is InChI=1S/C12H17N4O/c1-9(2)11-10(3)16(4,8-14-11)12(17)15-6-5-13-7-15/h5-9H,1-4H3/q+1. The highest BCUT2D eigenvalue weighted by atomic mass is 16.2. The van der Waals surface area contributed by atoms with Crippen LogP contribution in [0.15, 0.2) is 35.1 Å². The number of hydrogen-bond donors (Lipinski definition) is 0. The third-order valence-corrected chi connectivity index (χ3v) is 3.16. The minimum Gasteiger partial charge on any atom is -0.245 e. The molecule has 1 atom stereocenters. The summed E-state index contributed by atoms with van der Waals surface area (Å²) in [7, 11) is 1.84. The number of imidazole rings is 1. The zero-order chi connectivity index (χ0) is 12.6. The molecule has 2 heterocycles. The molecule has 2 rings (SSSR count). The van der Waals surface area contributed by atoms with Crippen molar-refractivity contribution >= 4 is 12.4 Å². The monoisotopic (exact) mass is 233 g/mol. The number of carbonyl (C=O) groups excluding carboxylic acids is 1. The molecule has 1 aromatic heterocycles. The maximum absolute atomic E-state index is 12.4. The van der Waals surface area contributed by atoms with Gasteiger partial charge in [0.15, 0.2) is 0 Å². The van der Waals surface area contributed by atoms with E-state index in [1.54, 1.807) is 18.7 Å². The Morgan fingerprint density at radius 3 is 2.65 bits per heavy atom. The quantitative estimate of drug-likeness (QED) is 0.698. The summed E-state index contributed by atoms with van der Waals surface area (Å²) in [6.45, 7) is 6.11. The van der Waals surface area contributed by atoms with Crippen LogP contribution in [-0.4, -0.2) is 33.5 Å². The van der Waals surface area contributed by atoms with Crippen molar-refractivity contribution in [2.24, 2.45) is 10.9 Å². The molecule has 0 aliphatic carbocycles. The molecule has 0 saturated carbocycles. The number of aromatic nitrogens is 2. The van der Waals surface area contributed by atoms with E-state index in [1.165, 1.54) is 10.9 Å². The second-order valence-corrected chi connectivity index (χ2v) is 4.70. The highest BCUT2D eigenvalue weighted by Crippen LogP contribution is 2.29. The molecule has 0 bridgehead atoms. The molecule has 1 aromatic rings. The fourth-order valence-electron chi connectivity index (χ4n) is 1.97. The van der Waals surface area contributed by atoms with Gasteiger partial charge in [0.25, 0.3) is 0 Å². The number of hydrogen-bond acceptors (Lipinski definition) is 3. The van der Waals surface area contributed by atoms with Crippen LogP contribution >= 0.6 is 0 Å². The fraction of sp³-hybridized carbons (Fsp3) is 0.417. The van der Waals surface area contributed by atoms with Gasteiger partial charge in [-0.1, -0.05) is 13.8 Å². The number of amides is 1. The lowest BCUT2D eigenvalue weighted by molar-refractivity contribution is -0.682. The van der Waals surface area contributed by atoms with Crippen LogP contribution in [0, 0.1) is 5.92 Å². The maximum atomic E-state index is 12.4. The van der Waals surface area contributed by atoms with E-state index in [0.29, 0.717) is 5.92 Å². The summed E-state index contributed by atoms with van der Waals surface area (Å²) in [5.74, 6) is 0.321. The van der Waals surface area contributed by atoms with E-state index < -0.39 is 0 Å². The molecule has 5 heteroatoms. The maximum Gasteiger partial charge on any atom is 0.439 e. The number of carbonyl (C=O) groups is 1. The summed E-state index contributed by atoms with van der Waals surface area (Å²) >= 11 is 0. The molecule has 0 aromatic carbocycles. The summed E-state index contributed by atoms with van der Waals surface area (Å²) in [5, 5.41) is 0. The van der Waals surface area contributed by atoms with Crippen molar-refractivity contribution in [1.82, 2.24) is 9.55 Å². The first-order valence-electron chi connectivity index (χ1n) is 5.62. The van der Waals surface area contributed by atoms with Crippen LogP contribution in [0.25, 0.3) is 0 Å². The van der Waals surface area contributed by atoms with Crippen LogP contribution in [0.4, 0.5) is 4.79 Å². The SMILES string of the molecule is CC1=C(C(C)C)N=C[N+]1(C)C(=O)n1ccnc1. The molecule has 90 valence electrons. The van der Waals surface area contributed by atoms with E-state index in [2.05, 4.69) is 23.8 Å². The summed E-state index contributed by atoms with van der Waals surface area (Å²) in [6.07, 6.45) is 6.45. The third kappa shape index (κ3) is 1.72. The molecule has 0 radical (unpaired) electrons. The van der Waals surface area contributed by atoms with Crippen molar-refractivity contribution in [3.63, 3.8) is 0 Å². The molecule has 0 fully saturated rings. The average Bonchev–Trinajstić information content (AvgIpc) is 2.88. The smallest absolute Gasteiger partial charge is 0.245 e. The zero-order valence-corrected chi connectivity index (χ0v) is 10.6. The van der Waals surface area contributed by atoms with Crippen LogP contribution < -0.4 is 0 Å². The van der Waals surface area contributed by atoms with Gasteiger partial charge >= 0.3 is 6.03 Å². The molecule has 1 aliphatic rings. The van der Waals surface area contributed by atoms with E-state index in [9.17, 15) is 4.79 Å². The molecule has 17 heavy (non-hydrogen) atoms. The number of aliphatic imine (C=N–C) groups is 1. The Morgan fingerprint density at radius 2 is 2.18 bits per heavy atom. The Kier molecular flexibility index (Phi) is 2.71. The summed E-state index contributed by atoms with van der Waals surface area (Å²) in [6, 6.07) is -0.0700. The number of allylic oxidation sites excluding steroid dienone is 2. The first-order chi connectivity index (χ1) is 7.97. The van der Waals surface area contributed by atoms with Crippen molar-refractivity contribution in [2.45, 2.75) is 20.8 Å². The van der Waals surface area contributed by atoms with Crippen LogP contribution in [0.1, 0.15) is 20.8 Å². The van der Waals surface area contributed by atoms with Gasteiger partial charge < -0.3 is 0 Å². The van der Waals surface area contributed by atoms with Gasteiger partial charge in [0.1, 0.15) is 17.7 Å². The zero-order valence-electron chi connectivity index (χ0n) is 10.6. The molecule has 5 nitrogen and oxygen atoms in total. The largest absolute Gasteiger partial charge is 0.439 e. The van der Waals surface area contributed by atoms with Gasteiger partial charge in [-0.15, -0.1) is 0 Å². The summed E-state index contributed by atoms with van der Waals surface area (Å²) < 4.78 is 1.57. The molecule has 0 spiro atoms. The fourth-order valence-corrected chi connectivity index (χ4v) is 1.97. The molecule has 1 amide bonds. The predicted octanol–water partition coefficient (Wildman–Crippen LogP) is 2.23. The Hall–Kier alpha value is -1.75. The number of rotatable bonds is 1. The second-order valence-electron chi connectivity index (χ2n) is 4.70. The van der Waals surface area contributed by atoms with Gasteiger partial charge in [-0.2, -0.15) is 4.48 Å². The lowest BCUT2D eigenvalue weighted by Gasteiger charge is -2.23. The van der Waals surface area contributed by atoms with Gasteiger partial charge in [0, 0.05) is 25.2 Å². The predicted molar refractivity (Wildman–Crippen MR) is 65.2 cm³/mol. The van der Waals surface area contributed by atoms with E-state index >= 15 is 0 Å². The van der Waals surface area contributed by atoms with Crippen LogP contribution in [-0.2, 0) is 0 Å². The molecule has 0 N–H and O–H groups in total. The van der Waals surface area contributed by atoms with Gasteiger partial charge in [0.05, 0.1) is 7.05 Å². The van der Waals surface area contributed by atoms with Crippen molar-refractivity contribution in [3.8, 4) is 0 Å². The van der Waals surface area contributed by atoms with Gasteiger partial charge in [0.2, 0.25) is 6.34 Å². The van der Waals surface area contributed by atoms with Gasteiger partial charge in [-0.05, 0) is 0 Å². The van der Waals surface area contributed by atoms with Crippen molar-refractivity contribution in [3.05, 3.63) is 30.1 Å². The molecular formula is C12H17N4O+. The molecule has 1 unspecified atom stereocenters. The highest BCUT2D eigenvalue weighted by Gasteiger charge is 2.40. The summed E-state index contributed by atoms with van der Waals surface area (Å²) in [4.78, 5) is 20.6. The second kappa shape index (κ2) is 3.92. The molecular weight excluding hydrogens is 216 g/mol. The minimum absolute atomic E-state index is 0.0700. The minimum atomic E-state index is -0.0700. The van der Waals surface area contributed by atoms with Gasteiger partial charge in [-0.3, -0.25) is 0 Å². The van der Waals surface area contributed by atoms with Crippen LogP contribution in [0.2, 0.25) is 0 Å². The Labute approximate surface area is 101 Å². The van der Waals surface area contributed by atoms with E-state index in [0.717, 1.165) is 11.4 Å². The topological polar surface area (TPSA) is 47.2 Å². The van der Waals surface area contributed by atoms with E-state index in [4.69, 9.17) is 0 Å². The first-order valence-corrected chi connectivity index (χ1v) is 5.62. The number of nitrogens with zero attached hydrogens (tertiary/aromatic N) is 4. The molecule has 1 aliphatic heterocycles. The molecule has 0 saturated heterocycles. The van der Waals surface area contributed by atoms with E-state index in [1.807, 2.05) is 14.0 Å². The van der Waals surface area contributed by atoms with Crippen LogP contribution in [0.3, 0.4) is 0 Å². The third-order valence-electron chi connectivity index (χ3n) is 3.16. The van der Waals surface area contributed by atoms with Gasteiger partial charge in [-0.25, -0.2) is 19.3 Å². The van der Waals surface area contributed by atoms with Crippen molar-refractivity contribution in [1.29, 1.82) is 0 Å². The van der Waals surface area contributed by atoms with Crippen molar-refractivity contribution in [2.75, 3.05) is 7.05 Å². The summed E-state index contributed by atoms with van der Waals surface area (Å²) in [5.41, 5.74) is 1.96. The highest BCUT2D eigenvalue weighted by molar-refractivity contribution is 5.80. The first kappa shape index (κ1) is 11.7.